The number of aryl methyl sites for hydroxylation is 2. The van der Waals surface area contributed by atoms with Crippen molar-refractivity contribution in [1.29, 1.82) is 0 Å². The van der Waals surface area contributed by atoms with Crippen molar-refractivity contribution in [2.24, 2.45) is 0 Å². The van der Waals surface area contributed by atoms with Gasteiger partial charge in [0.05, 0.1) is 12.7 Å². The Bertz CT molecular complexity index is 583. The summed E-state index contributed by atoms with van der Waals surface area (Å²) >= 11 is 0. The normalized spacial score (nSPS) is 10.3. The quantitative estimate of drug-likeness (QED) is 0.773. The maximum atomic E-state index is 11.5. The highest BCUT2D eigenvalue weighted by molar-refractivity contribution is 5.90. The molecule has 0 fully saturated rings. The summed E-state index contributed by atoms with van der Waals surface area (Å²) in [7, 11) is 1.40. The Morgan fingerprint density at radius 1 is 1.11 bits per heavy atom. The van der Waals surface area contributed by atoms with Gasteiger partial charge in [-0.15, -0.1) is 0 Å². The van der Waals surface area contributed by atoms with Gasteiger partial charge in [-0.3, -0.25) is 0 Å². The van der Waals surface area contributed by atoms with Crippen LogP contribution in [-0.4, -0.2) is 13.1 Å². The fourth-order valence-corrected chi connectivity index (χ4v) is 2.15. The van der Waals surface area contributed by atoms with Crippen LogP contribution in [0.1, 0.15) is 28.4 Å². The molecule has 2 rings (SSSR count). The molecule has 0 N–H and O–H groups in total. The highest BCUT2D eigenvalue weighted by Gasteiger charge is 2.08. The Hall–Kier alpha value is -2.09. The first-order valence-corrected chi connectivity index (χ1v) is 6.44. The molecule has 98 valence electrons. The SMILES string of the molecule is CCc1ccc(-c2ccc(C(=O)OC)cc2C)cc1. The smallest absolute Gasteiger partial charge is 0.337 e. The van der Waals surface area contributed by atoms with E-state index in [1.54, 1.807) is 0 Å². The number of methoxy groups -OCH3 is 1. The number of ether oxygens (including phenoxy) is 1. The zero-order chi connectivity index (χ0) is 13.8. The van der Waals surface area contributed by atoms with Crippen LogP contribution in [0.5, 0.6) is 0 Å². The van der Waals surface area contributed by atoms with Crippen molar-refractivity contribution in [2.75, 3.05) is 7.11 Å². The van der Waals surface area contributed by atoms with E-state index in [1.165, 1.54) is 18.2 Å². The van der Waals surface area contributed by atoms with E-state index in [4.69, 9.17) is 4.74 Å². The van der Waals surface area contributed by atoms with E-state index in [-0.39, 0.29) is 5.97 Å². The van der Waals surface area contributed by atoms with Gasteiger partial charge in [0, 0.05) is 0 Å². The van der Waals surface area contributed by atoms with Crippen LogP contribution in [0, 0.1) is 6.92 Å². The van der Waals surface area contributed by atoms with Crippen molar-refractivity contribution in [2.45, 2.75) is 20.3 Å². The average Bonchev–Trinajstić information content (AvgIpc) is 2.46. The Balaban J connectivity index is 2.37. The zero-order valence-electron chi connectivity index (χ0n) is 11.6. The van der Waals surface area contributed by atoms with Crippen molar-refractivity contribution < 1.29 is 9.53 Å². The number of carbonyl (C=O) groups excluding carboxylic acids is 1. The maximum absolute atomic E-state index is 11.5. The van der Waals surface area contributed by atoms with Gasteiger partial charge in [-0.2, -0.15) is 0 Å². The first-order chi connectivity index (χ1) is 9.15. The molecule has 0 aliphatic rings. The molecule has 0 unspecified atom stereocenters. The molecular weight excluding hydrogens is 236 g/mol. The molecule has 2 aromatic rings. The molecule has 0 aromatic heterocycles. The van der Waals surface area contributed by atoms with Crippen LogP contribution in [0.25, 0.3) is 11.1 Å². The average molecular weight is 254 g/mol. The topological polar surface area (TPSA) is 26.3 Å². The minimum absolute atomic E-state index is 0.295. The standard InChI is InChI=1S/C17H18O2/c1-4-13-5-7-14(8-6-13)16-10-9-15(11-12(16)2)17(18)19-3/h5-11H,4H2,1-3H3. The molecule has 0 amide bonds. The highest BCUT2D eigenvalue weighted by Crippen LogP contribution is 2.25. The highest BCUT2D eigenvalue weighted by atomic mass is 16.5. The summed E-state index contributed by atoms with van der Waals surface area (Å²) in [5.74, 6) is -0.295. The van der Waals surface area contributed by atoms with E-state index >= 15 is 0 Å². The van der Waals surface area contributed by atoms with Gasteiger partial charge in [0.15, 0.2) is 0 Å². The Morgan fingerprint density at radius 3 is 2.32 bits per heavy atom. The molecular formula is C17H18O2. The van der Waals surface area contributed by atoms with E-state index in [0.717, 1.165) is 17.5 Å². The molecule has 0 radical (unpaired) electrons. The third kappa shape index (κ3) is 2.84. The van der Waals surface area contributed by atoms with Crippen molar-refractivity contribution in [1.82, 2.24) is 0 Å². The van der Waals surface area contributed by atoms with Gasteiger partial charge in [0.25, 0.3) is 0 Å². The minimum Gasteiger partial charge on any atom is -0.465 e. The number of benzene rings is 2. The van der Waals surface area contributed by atoms with E-state index < -0.39 is 0 Å². The minimum atomic E-state index is -0.295. The van der Waals surface area contributed by atoms with Gasteiger partial charge in [0.2, 0.25) is 0 Å². The maximum Gasteiger partial charge on any atom is 0.337 e. The van der Waals surface area contributed by atoms with Crippen LogP contribution in [0.3, 0.4) is 0 Å². The monoisotopic (exact) mass is 254 g/mol. The van der Waals surface area contributed by atoms with Crippen molar-refractivity contribution >= 4 is 5.97 Å². The molecule has 0 saturated carbocycles. The molecule has 2 heteroatoms. The third-order valence-corrected chi connectivity index (χ3v) is 3.32. The Labute approximate surface area is 114 Å². The zero-order valence-corrected chi connectivity index (χ0v) is 11.6. The number of hydrogen-bond acceptors (Lipinski definition) is 2. The lowest BCUT2D eigenvalue weighted by atomic mass is 9.97. The fourth-order valence-electron chi connectivity index (χ4n) is 2.15. The van der Waals surface area contributed by atoms with E-state index in [1.807, 2.05) is 25.1 Å². The third-order valence-electron chi connectivity index (χ3n) is 3.32. The predicted molar refractivity (Wildman–Crippen MR) is 77.3 cm³/mol. The number of carbonyl (C=O) groups is 1. The van der Waals surface area contributed by atoms with Gasteiger partial charge < -0.3 is 4.74 Å². The summed E-state index contributed by atoms with van der Waals surface area (Å²) in [6, 6.07) is 14.2. The summed E-state index contributed by atoms with van der Waals surface area (Å²) < 4.78 is 4.73. The van der Waals surface area contributed by atoms with Crippen LogP contribution >= 0.6 is 0 Å². The second-order valence-corrected chi connectivity index (χ2v) is 4.57. The summed E-state index contributed by atoms with van der Waals surface area (Å²) in [6.07, 6.45) is 1.04. The number of hydrogen-bond donors (Lipinski definition) is 0. The van der Waals surface area contributed by atoms with Gasteiger partial charge in [-0.1, -0.05) is 37.3 Å². The lowest BCUT2D eigenvalue weighted by Gasteiger charge is -2.08. The first kappa shape index (κ1) is 13.3. The van der Waals surface area contributed by atoms with Gasteiger partial charge >= 0.3 is 5.97 Å². The molecule has 0 heterocycles. The lowest BCUT2D eigenvalue weighted by molar-refractivity contribution is 0.0600. The molecule has 0 aliphatic heterocycles. The molecule has 19 heavy (non-hydrogen) atoms. The lowest BCUT2D eigenvalue weighted by Crippen LogP contribution is -2.01. The molecule has 0 aliphatic carbocycles. The molecule has 2 nitrogen and oxygen atoms in total. The molecule has 0 spiro atoms. The second kappa shape index (κ2) is 5.70. The van der Waals surface area contributed by atoms with Crippen LogP contribution < -0.4 is 0 Å². The van der Waals surface area contributed by atoms with Gasteiger partial charge in [0.1, 0.15) is 0 Å². The van der Waals surface area contributed by atoms with E-state index in [0.29, 0.717) is 5.56 Å². The van der Waals surface area contributed by atoms with Gasteiger partial charge in [-0.05, 0) is 47.7 Å². The van der Waals surface area contributed by atoms with Crippen molar-refractivity contribution in [3.8, 4) is 11.1 Å². The molecule has 0 saturated heterocycles. The number of rotatable bonds is 3. The molecule has 2 aromatic carbocycles. The van der Waals surface area contributed by atoms with Crippen molar-refractivity contribution in [3.63, 3.8) is 0 Å². The number of esters is 1. The van der Waals surface area contributed by atoms with Crippen LogP contribution in [0.15, 0.2) is 42.5 Å². The molecule has 0 bridgehead atoms. The summed E-state index contributed by atoms with van der Waals surface area (Å²) in [4.78, 5) is 11.5. The van der Waals surface area contributed by atoms with Crippen molar-refractivity contribution in [3.05, 3.63) is 59.2 Å². The summed E-state index contributed by atoms with van der Waals surface area (Å²) in [5.41, 5.74) is 5.31. The predicted octanol–water partition coefficient (Wildman–Crippen LogP) is 4.01. The summed E-state index contributed by atoms with van der Waals surface area (Å²) in [5, 5.41) is 0. The fraction of sp³-hybridized carbons (Fsp3) is 0.235. The van der Waals surface area contributed by atoms with E-state index in [2.05, 4.69) is 31.2 Å². The van der Waals surface area contributed by atoms with Crippen LogP contribution in [0.2, 0.25) is 0 Å². The summed E-state index contributed by atoms with van der Waals surface area (Å²) in [6.45, 7) is 4.15. The van der Waals surface area contributed by atoms with E-state index in [9.17, 15) is 4.79 Å². The second-order valence-electron chi connectivity index (χ2n) is 4.57. The Kier molecular flexibility index (Phi) is 4.00. The Morgan fingerprint density at radius 2 is 1.79 bits per heavy atom. The largest absolute Gasteiger partial charge is 0.465 e. The van der Waals surface area contributed by atoms with Crippen LogP contribution in [-0.2, 0) is 11.2 Å². The van der Waals surface area contributed by atoms with Gasteiger partial charge in [-0.25, -0.2) is 4.79 Å². The first-order valence-electron chi connectivity index (χ1n) is 6.44. The van der Waals surface area contributed by atoms with Crippen LogP contribution in [0.4, 0.5) is 0 Å². The molecule has 0 atom stereocenters.